The highest BCUT2D eigenvalue weighted by Crippen LogP contribution is 1.99. The molecule has 0 amide bonds. The van der Waals surface area contributed by atoms with E-state index in [1.807, 2.05) is 0 Å². The van der Waals surface area contributed by atoms with Crippen LogP contribution in [0.15, 0.2) is 24.2 Å². The first-order valence-electron chi connectivity index (χ1n) is 3.46. The first kappa shape index (κ1) is 2.58. The number of benzene rings is 1. The quantitative estimate of drug-likeness (QED) is 0.487. The molecule has 1 aromatic carbocycles. The molecule has 0 aliphatic carbocycles. The van der Waals surface area contributed by atoms with Crippen molar-refractivity contribution in [2.45, 2.75) is 0 Å². The van der Waals surface area contributed by atoms with Gasteiger partial charge >= 0.3 is 0 Å². The minimum Gasteiger partial charge on any atom is -0.207 e. The summed E-state index contributed by atoms with van der Waals surface area (Å²) in [7, 11) is 0. The van der Waals surface area contributed by atoms with Crippen LogP contribution in [0, 0.1) is 11.6 Å². The summed E-state index contributed by atoms with van der Waals surface area (Å²) in [6.45, 7) is 0. The normalized spacial score (nSPS) is 14.5. The molecule has 0 unspecified atom stereocenters. The highest BCUT2D eigenvalue weighted by molar-refractivity contribution is 5.04. The zero-order valence-corrected chi connectivity index (χ0v) is 3.83. The summed E-state index contributed by atoms with van der Waals surface area (Å²) in [5.74, 6) is -2.45. The summed E-state index contributed by atoms with van der Waals surface area (Å²) in [6.07, 6.45) is 0. The van der Waals surface area contributed by atoms with Crippen molar-refractivity contribution in [3.63, 3.8) is 0 Å². The largest absolute Gasteiger partial charge is 0.207 e. The molecule has 1 rings (SSSR count). The predicted molar refractivity (Wildman–Crippen MR) is 26.4 cm³/mol. The summed E-state index contributed by atoms with van der Waals surface area (Å²) in [5, 5.41) is 0. The Morgan fingerprint density at radius 3 is 2.25 bits per heavy atom. The molecule has 0 radical (unpaired) electrons. The van der Waals surface area contributed by atoms with Crippen LogP contribution in [0.1, 0.15) is 4.11 Å². The molecular weight excluding hydrogens is 110 g/mol. The van der Waals surface area contributed by atoms with Crippen LogP contribution in [-0.2, 0) is 0 Å². The summed E-state index contributed by atoms with van der Waals surface area (Å²) < 4.78 is 45.3. The van der Waals surface area contributed by atoms with Crippen molar-refractivity contribution in [3.05, 3.63) is 35.8 Å². The molecule has 42 valence electrons. The second-order valence-electron chi connectivity index (χ2n) is 1.19. The van der Waals surface area contributed by atoms with E-state index in [1.54, 1.807) is 0 Å². The van der Waals surface area contributed by atoms with Crippen molar-refractivity contribution in [1.82, 2.24) is 0 Å². The Morgan fingerprint density at radius 2 is 1.75 bits per heavy atom. The lowest BCUT2D eigenvalue weighted by Crippen LogP contribution is -1.73. The monoisotopic (exact) mass is 117 g/mol. The van der Waals surface area contributed by atoms with E-state index < -0.39 is 29.8 Å². The SMILES string of the molecule is [2H]c1cc([2H])c(F)c([2H])c1F. The summed E-state index contributed by atoms with van der Waals surface area (Å²) >= 11 is 0. The highest BCUT2D eigenvalue weighted by Gasteiger charge is 1.88. The van der Waals surface area contributed by atoms with E-state index in [-0.39, 0.29) is 0 Å². The molecule has 0 bridgehead atoms. The Morgan fingerprint density at radius 1 is 1.25 bits per heavy atom. The molecule has 0 saturated carbocycles. The zero-order valence-electron chi connectivity index (χ0n) is 6.83. The third-order valence-electron chi connectivity index (χ3n) is 0.617. The molecule has 0 fully saturated rings. The number of hydrogen-bond acceptors (Lipinski definition) is 0. The maximum Gasteiger partial charge on any atom is 0.126 e. The van der Waals surface area contributed by atoms with Gasteiger partial charge in [-0.3, -0.25) is 0 Å². The van der Waals surface area contributed by atoms with Crippen molar-refractivity contribution >= 4 is 0 Å². The first-order chi connectivity index (χ1) is 5.04. The van der Waals surface area contributed by atoms with Crippen LogP contribution in [0.2, 0.25) is 0 Å². The van der Waals surface area contributed by atoms with Crippen LogP contribution in [0.25, 0.3) is 0 Å². The van der Waals surface area contributed by atoms with Gasteiger partial charge in [-0.1, -0.05) is 6.07 Å². The molecule has 1 aromatic rings. The smallest absolute Gasteiger partial charge is 0.126 e. The molecule has 0 spiro atoms. The van der Waals surface area contributed by atoms with Gasteiger partial charge in [-0.05, 0) is 12.1 Å². The molecule has 2 heteroatoms. The Bertz CT molecular complexity index is 272. The molecule has 8 heavy (non-hydrogen) atoms. The van der Waals surface area contributed by atoms with Crippen molar-refractivity contribution in [2.75, 3.05) is 0 Å². The lowest BCUT2D eigenvalue weighted by Gasteiger charge is -1.84. The second-order valence-corrected chi connectivity index (χ2v) is 1.19. The lowest BCUT2D eigenvalue weighted by atomic mass is 10.3. The molecule has 0 atom stereocenters. The van der Waals surface area contributed by atoms with E-state index in [9.17, 15) is 8.78 Å². The van der Waals surface area contributed by atoms with Crippen molar-refractivity contribution in [2.24, 2.45) is 0 Å². The summed E-state index contributed by atoms with van der Waals surface area (Å²) in [6, 6.07) is -1.53. The van der Waals surface area contributed by atoms with Crippen molar-refractivity contribution in [3.8, 4) is 0 Å². The van der Waals surface area contributed by atoms with Gasteiger partial charge in [0.05, 0.1) is 4.11 Å². The van der Waals surface area contributed by atoms with Gasteiger partial charge in [-0.25, -0.2) is 8.78 Å². The molecular formula is C6H4F2. The van der Waals surface area contributed by atoms with Gasteiger partial charge in [-0.2, -0.15) is 0 Å². The van der Waals surface area contributed by atoms with Gasteiger partial charge in [-0.15, -0.1) is 0 Å². The van der Waals surface area contributed by atoms with Crippen LogP contribution in [-0.4, -0.2) is 0 Å². The van der Waals surface area contributed by atoms with Gasteiger partial charge in [0.1, 0.15) is 11.6 Å². The standard InChI is InChI=1S/C6H4F2/c7-5-2-1-3-6(8)4-5/h1-4H/i2D,3D,4D. The second kappa shape index (κ2) is 1.90. The summed E-state index contributed by atoms with van der Waals surface area (Å²) in [4.78, 5) is 0. The molecule has 0 N–H and O–H groups in total. The number of rotatable bonds is 0. The third-order valence-corrected chi connectivity index (χ3v) is 0.617. The Labute approximate surface area is 50.0 Å². The topological polar surface area (TPSA) is 0 Å². The van der Waals surface area contributed by atoms with Gasteiger partial charge in [0.15, 0.2) is 0 Å². The fourth-order valence-corrected chi connectivity index (χ4v) is 0.331. The van der Waals surface area contributed by atoms with Crippen LogP contribution in [0.5, 0.6) is 0 Å². The maximum absolute atomic E-state index is 12.5. The van der Waals surface area contributed by atoms with Crippen molar-refractivity contribution < 1.29 is 12.9 Å². The van der Waals surface area contributed by atoms with E-state index >= 15 is 0 Å². The van der Waals surface area contributed by atoms with E-state index in [4.69, 9.17) is 4.11 Å². The zero-order chi connectivity index (χ0) is 8.59. The van der Waals surface area contributed by atoms with Crippen LogP contribution >= 0.6 is 0 Å². The first-order valence-corrected chi connectivity index (χ1v) is 1.96. The van der Waals surface area contributed by atoms with E-state index in [0.29, 0.717) is 0 Å². The molecule has 0 aromatic heterocycles. The molecule has 0 saturated heterocycles. The van der Waals surface area contributed by atoms with Crippen molar-refractivity contribution in [1.29, 1.82) is 0 Å². The van der Waals surface area contributed by atoms with Crippen LogP contribution in [0.3, 0.4) is 0 Å². The average Bonchev–Trinajstić information content (AvgIpc) is 1.97. The number of hydrogen-bond donors (Lipinski definition) is 0. The minimum atomic E-state index is -1.22. The average molecular weight is 117 g/mol. The van der Waals surface area contributed by atoms with Gasteiger partial charge in [0.25, 0.3) is 0 Å². The maximum atomic E-state index is 12.5. The highest BCUT2D eigenvalue weighted by atomic mass is 19.1. The fourth-order valence-electron chi connectivity index (χ4n) is 0.331. The Kier molecular flexibility index (Phi) is 0.613. The minimum absolute atomic E-state index is 0.624. The van der Waals surface area contributed by atoms with E-state index in [1.165, 1.54) is 0 Å². The van der Waals surface area contributed by atoms with Gasteiger partial charge in [0, 0.05) is 6.04 Å². The van der Waals surface area contributed by atoms with Gasteiger partial charge in [0.2, 0.25) is 0 Å². The fraction of sp³-hybridized carbons (Fsp3) is 0. The van der Waals surface area contributed by atoms with Crippen LogP contribution in [0.4, 0.5) is 8.78 Å². The Hall–Kier alpha value is -0.920. The molecule has 0 aliphatic rings. The Balaban J connectivity index is 3.46. The molecule has 0 heterocycles. The van der Waals surface area contributed by atoms with E-state index in [0.717, 1.165) is 6.07 Å². The molecule has 0 aliphatic heterocycles. The third kappa shape index (κ3) is 1.03. The van der Waals surface area contributed by atoms with Crippen LogP contribution < -0.4 is 0 Å². The number of halogens is 2. The van der Waals surface area contributed by atoms with E-state index in [2.05, 4.69) is 0 Å². The summed E-state index contributed by atoms with van der Waals surface area (Å²) in [5.41, 5.74) is 0. The molecule has 0 nitrogen and oxygen atoms in total. The van der Waals surface area contributed by atoms with Gasteiger partial charge < -0.3 is 0 Å². The predicted octanol–water partition coefficient (Wildman–Crippen LogP) is 1.96. The lowest BCUT2D eigenvalue weighted by molar-refractivity contribution is 0.583.